The van der Waals surface area contributed by atoms with E-state index in [9.17, 15) is 18.3 Å². The first-order valence-electron chi connectivity index (χ1n) is 9.00. The Bertz CT molecular complexity index is 1020. The molecule has 3 aromatic rings. The Morgan fingerprint density at radius 2 is 1.93 bits per heavy atom. The van der Waals surface area contributed by atoms with E-state index in [4.69, 9.17) is 0 Å². The molecule has 1 aliphatic carbocycles. The van der Waals surface area contributed by atoms with Gasteiger partial charge in [-0.2, -0.15) is 0 Å². The minimum Gasteiger partial charge on any atom is -0.395 e. The van der Waals surface area contributed by atoms with E-state index in [2.05, 4.69) is 20.3 Å². The Balaban J connectivity index is 1.70. The van der Waals surface area contributed by atoms with Gasteiger partial charge in [-0.15, -0.1) is 0 Å². The monoisotopic (exact) mass is 388 g/mol. The van der Waals surface area contributed by atoms with Crippen LogP contribution in [0.1, 0.15) is 49.1 Å². The van der Waals surface area contributed by atoms with Crippen molar-refractivity contribution in [3.63, 3.8) is 0 Å². The van der Waals surface area contributed by atoms with Crippen molar-refractivity contribution in [2.45, 2.75) is 37.6 Å². The predicted molar refractivity (Wildman–Crippen MR) is 98.7 cm³/mol. The first-order valence-corrected chi connectivity index (χ1v) is 9.00. The molecule has 8 heteroatoms. The van der Waals surface area contributed by atoms with Gasteiger partial charge < -0.3 is 10.4 Å². The average Bonchev–Trinajstić information content (AvgIpc) is 3.49. The van der Waals surface area contributed by atoms with Gasteiger partial charge >= 0.3 is 0 Å². The van der Waals surface area contributed by atoms with Gasteiger partial charge in [0.05, 0.1) is 29.9 Å². The van der Waals surface area contributed by atoms with E-state index in [0.29, 0.717) is 16.7 Å². The number of benzene rings is 1. The molecule has 4 rings (SSSR count). The molecule has 1 aliphatic rings. The van der Waals surface area contributed by atoms with Gasteiger partial charge in [-0.05, 0) is 25.8 Å². The topological polar surface area (TPSA) is 70.9 Å². The van der Waals surface area contributed by atoms with Gasteiger partial charge in [-0.1, -0.05) is 18.2 Å². The second-order valence-electron chi connectivity index (χ2n) is 7.16. The fourth-order valence-corrected chi connectivity index (χ4v) is 3.36. The van der Waals surface area contributed by atoms with Crippen LogP contribution in [0.4, 0.5) is 19.0 Å². The lowest BCUT2D eigenvalue weighted by Gasteiger charge is -2.19. The third-order valence-electron chi connectivity index (χ3n) is 5.33. The average molecular weight is 388 g/mol. The number of aromatic nitrogens is 3. The molecule has 0 bridgehead atoms. The summed E-state index contributed by atoms with van der Waals surface area (Å²) in [5.41, 5.74) is 0.560. The number of hydrogen-bond donors (Lipinski definition) is 2. The summed E-state index contributed by atoms with van der Waals surface area (Å²) in [5, 5.41) is 13.4. The van der Waals surface area contributed by atoms with Crippen LogP contribution >= 0.6 is 0 Å². The van der Waals surface area contributed by atoms with Crippen LogP contribution in [0.25, 0.3) is 10.9 Å². The van der Waals surface area contributed by atoms with Gasteiger partial charge in [-0.3, -0.25) is 4.98 Å². The van der Waals surface area contributed by atoms with Crippen LogP contribution in [0.5, 0.6) is 0 Å². The van der Waals surface area contributed by atoms with Crippen LogP contribution in [0, 0.1) is 5.82 Å². The molecule has 2 N–H and O–H groups in total. The molecule has 0 amide bonds. The third-order valence-corrected chi connectivity index (χ3v) is 5.33. The molecule has 146 valence electrons. The molecule has 2 aromatic heterocycles. The maximum absolute atomic E-state index is 14.5. The van der Waals surface area contributed by atoms with E-state index in [1.165, 1.54) is 18.5 Å². The zero-order chi connectivity index (χ0) is 19.9. The minimum absolute atomic E-state index is 0.0179. The van der Waals surface area contributed by atoms with Gasteiger partial charge in [0.15, 0.2) is 0 Å². The lowest BCUT2D eigenvalue weighted by molar-refractivity contribution is 0.146. The molecule has 0 aliphatic heterocycles. The van der Waals surface area contributed by atoms with Crippen molar-refractivity contribution < 1.29 is 18.3 Å². The SMILES string of the molecule is C[C@@H](Nc1ncnc2cnc(C3(CO)CC3)cc12)c1cccc(C(F)F)c1F. The van der Waals surface area contributed by atoms with Crippen LogP contribution in [-0.2, 0) is 5.41 Å². The molecule has 1 saturated carbocycles. The van der Waals surface area contributed by atoms with Crippen molar-refractivity contribution in [1.82, 2.24) is 15.0 Å². The summed E-state index contributed by atoms with van der Waals surface area (Å²) in [7, 11) is 0. The second-order valence-corrected chi connectivity index (χ2v) is 7.16. The summed E-state index contributed by atoms with van der Waals surface area (Å²) in [6, 6.07) is 5.20. The molecule has 0 spiro atoms. The van der Waals surface area contributed by atoms with Crippen LogP contribution in [0.2, 0.25) is 0 Å². The molecule has 2 heterocycles. The lowest BCUT2D eigenvalue weighted by atomic mass is 10.0. The molecule has 1 fully saturated rings. The molecule has 28 heavy (non-hydrogen) atoms. The van der Waals surface area contributed by atoms with Gasteiger partial charge in [-0.25, -0.2) is 23.1 Å². The smallest absolute Gasteiger partial charge is 0.266 e. The summed E-state index contributed by atoms with van der Waals surface area (Å²) >= 11 is 0. The number of anilines is 1. The van der Waals surface area contributed by atoms with Gasteiger partial charge in [0.1, 0.15) is 18.0 Å². The quantitative estimate of drug-likeness (QED) is 0.659. The number of nitrogens with one attached hydrogen (secondary N) is 1. The molecule has 0 saturated heterocycles. The van der Waals surface area contributed by atoms with Crippen LogP contribution in [-0.4, -0.2) is 26.7 Å². The number of fused-ring (bicyclic) bond motifs is 1. The molecule has 0 unspecified atom stereocenters. The Labute approximate surface area is 159 Å². The maximum atomic E-state index is 14.5. The Morgan fingerprint density at radius 1 is 1.18 bits per heavy atom. The number of alkyl halides is 2. The number of halogens is 3. The van der Waals surface area contributed by atoms with Crippen LogP contribution in [0.3, 0.4) is 0 Å². The summed E-state index contributed by atoms with van der Waals surface area (Å²) in [6.07, 6.45) is 1.83. The van der Waals surface area contributed by atoms with E-state index in [1.807, 2.05) is 6.07 Å². The van der Waals surface area contributed by atoms with Gasteiger partial charge in [0.25, 0.3) is 6.43 Å². The number of rotatable bonds is 6. The zero-order valence-corrected chi connectivity index (χ0v) is 15.2. The van der Waals surface area contributed by atoms with E-state index in [1.54, 1.807) is 13.1 Å². The Kier molecular flexibility index (Phi) is 4.66. The predicted octanol–water partition coefficient (Wildman–Crippen LogP) is 4.30. The molecular weight excluding hydrogens is 369 g/mol. The van der Waals surface area contributed by atoms with Gasteiger partial charge in [0.2, 0.25) is 0 Å². The first-order chi connectivity index (χ1) is 13.4. The van der Waals surface area contributed by atoms with Crippen molar-refractivity contribution in [1.29, 1.82) is 0 Å². The maximum Gasteiger partial charge on any atom is 0.266 e. The number of nitrogens with zero attached hydrogens (tertiary/aromatic N) is 3. The normalized spacial score (nSPS) is 16.4. The highest BCUT2D eigenvalue weighted by Gasteiger charge is 2.45. The molecule has 5 nitrogen and oxygen atoms in total. The standard InChI is InChI=1S/C20H19F3N4O/c1-11(12-3-2-4-13(17(12)21)18(22)23)27-19-14-7-16(20(9-28)5-6-20)24-8-15(14)25-10-26-19/h2-4,7-8,10-11,18,28H,5-6,9H2,1H3,(H,25,26,27)/t11-/m1/s1. The summed E-state index contributed by atoms with van der Waals surface area (Å²) in [6.45, 7) is 1.70. The fourth-order valence-electron chi connectivity index (χ4n) is 3.36. The van der Waals surface area contributed by atoms with Crippen LogP contribution < -0.4 is 5.32 Å². The molecular formula is C20H19F3N4O. The zero-order valence-electron chi connectivity index (χ0n) is 15.2. The highest BCUT2D eigenvalue weighted by molar-refractivity contribution is 5.88. The highest BCUT2D eigenvalue weighted by Crippen LogP contribution is 2.47. The van der Waals surface area contributed by atoms with Crippen molar-refractivity contribution in [3.05, 3.63) is 59.4 Å². The minimum atomic E-state index is -2.88. The van der Waals surface area contributed by atoms with E-state index in [-0.39, 0.29) is 17.6 Å². The Hall–Kier alpha value is -2.74. The fraction of sp³-hybridized carbons (Fsp3) is 0.350. The molecule has 0 radical (unpaired) electrons. The summed E-state index contributed by atoms with van der Waals surface area (Å²) in [5.74, 6) is -0.466. The highest BCUT2D eigenvalue weighted by atomic mass is 19.3. The Morgan fingerprint density at radius 3 is 2.61 bits per heavy atom. The lowest BCUT2D eigenvalue weighted by Crippen LogP contribution is -2.15. The number of pyridine rings is 1. The van der Waals surface area contributed by atoms with Crippen molar-refractivity contribution in [3.8, 4) is 0 Å². The van der Waals surface area contributed by atoms with E-state index >= 15 is 0 Å². The molecule has 1 atom stereocenters. The van der Waals surface area contributed by atoms with Crippen molar-refractivity contribution >= 4 is 16.7 Å². The van der Waals surface area contributed by atoms with Gasteiger partial charge in [0, 0.05) is 22.1 Å². The van der Waals surface area contributed by atoms with Crippen molar-refractivity contribution in [2.75, 3.05) is 11.9 Å². The number of aliphatic hydroxyl groups is 1. The number of hydrogen-bond acceptors (Lipinski definition) is 5. The van der Waals surface area contributed by atoms with E-state index in [0.717, 1.165) is 24.6 Å². The first kappa shape index (κ1) is 18.6. The largest absolute Gasteiger partial charge is 0.395 e. The third kappa shape index (κ3) is 3.17. The summed E-state index contributed by atoms with van der Waals surface area (Å²) < 4.78 is 40.5. The molecule has 1 aromatic carbocycles. The number of aliphatic hydroxyl groups excluding tert-OH is 1. The summed E-state index contributed by atoms with van der Waals surface area (Å²) in [4.78, 5) is 12.9. The van der Waals surface area contributed by atoms with Crippen molar-refractivity contribution in [2.24, 2.45) is 0 Å². The van der Waals surface area contributed by atoms with E-state index < -0.39 is 23.8 Å². The van der Waals surface area contributed by atoms with Crippen LogP contribution in [0.15, 0.2) is 36.8 Å². The second kappa shape index (κ2) is 7.01.